The van der Waals surface area contributed by atoms with E-state index in [1.165, 1.54) is 0 Å². The van der Waals surface area contributed by atoms with Gasteiger partial charge in [-0.2, -0.15) is 0 Å². The predicted molar refractivity (Wildman–Crippen MR) is 71.2 cm³/mol. The Hall–Kier alpha value is -0.770. The molecule has 0 aliphatic carbocycles. The molecule has 1 aromatic carbocycles. The number of halogens is 1. The van der Waals surface area contributed by atoms with Gasteiger partial charge in [-0.15, -0.1) is 0 Å². The van der Waals surface area contributed by atoms with Crippen LogP contribution in [0.3, 0.4) is 0 Å². The number of benzene rings is 1. The fourth-order valence-corrected chi connectivity index (χ4v) is 2.36. The molecule has 2 rings (SSSR count). The second-order valence-electron chi connectivity index (χ2n) is 4.92. The summed E-state index contributed by atoms with van der Waals surface area (Å²) >= 11 is 5.98. The van der Waals surface area contributed by atoms with Crippen LogP contribution in [0.15, 0.2) is 18.2 Å². The van der Waals surface area contributed by atoms with Gasteiger partial charge in [-0.3, -0.25) is 0 Å². The molecule has 3 nitrogen and oxygen atoms in total. The molecule has 0 atom stereocenters. The highest BCUT2D eigenvalue weighted by Gasteiger charge is 2.26. The van der Waals surface area contributed by atoms with Crippen LogP contribution in [0.4, 0.5) is 5.69 Å². The zero-order valence-electron chi connectivity index (χ0n) is 10.1. The van der Waals surface area contributed by atoms with E-state index in [-0.39, 0.29) is 5.54 Å². The zero-order chi connectivity index (χ0) is 12.3. The molecule has 1 aliphatic heterocycles. The van der Waals surface area contributed by atoms with Crippen LogP contribution < -0.4 is 11.1 Å². The fourth-order valence-electron chi connectivity index (χ4n) is 2.09. The molecule has 0 radical (unpaired) electrons. The van der Waals surface area contributed by atoms with Gasteiger partial charge in [-0.25, -0.2) is 0 Å². The SMILES string of the molecule is CC1(NCc2cc(N)cc(Cl)c2)CCOCC1. The number of nitrogen functional groups attached to an aromatic ring is 1. The number of rotatable bonds is 3. The van der Waals surface area contributed by atoms with E-state index in [1.54, 1.807) is 6.07 Å². The summed E-state index contributed by atoms with van der Waals surface area (Å²) in [7, 11) is 0. The molecular weight excluding hydrogens is 236 g/mol. The number of ether oxygens (including phenoxy) is 1. The lowest BCUT2D eigenvalue weighted by atomic mass is 9.92. The summed E-state index contributed by atoms with van der Waals surface area (Å²) in [6.07, 6.45) is 2.09. The van der Waals surface area contributed by atoms with Gasteiger partial charge in [0.05, 0.1) is 0 Å². The Morgan fingerprint density at radius 2 is 2.06 bits per heavy atom. The minimum Gasteiger partial charge on any atom is -0.399 e. The quantitative estimate of drug-likeness (QED) is 0.815. The van der Waals surface area contributed by atoms with Crippen LogP contribution in [0.5, 0.6) is 0 Å². The lowest BCUT2D eigenvalue weighted by Crippen LogP contribution is -2.46. The minimum atomic E-state index is 0.162. The van der Waals surface area contributed by atoms with Gasteiger partial charge in [0, 0.05) is 36.0 Å². The van der Waals surface area contributed by atoms with E-state index < -0.39 is 0 Å². The molecule has 0 amide bonds. The Bertz CT molecular complexity index is 369. The van der Waals surface area contributed by atoms with Crippen molar-refractivity contribution in [3.8, 4) is 0 Å². The third kappa shape index (κ3) is 3.60. The maximum atomic E-state index is 5.98. The first kappa shape index (κ1) is 12.7. The summed E-state index contributed by atoms with van der Waals surface area (Å²) in [4.78, 5) is 0. The van der Waals surface area contributed by atoms with E-state index in [9.17, 15) is 0 Å². The molecule has 94 valence electrons. The van der Waals surface area contributed by atoms with Crippen LogP contribution in [0, 0.1) is 0 Å². The van der Waals surface area contributed by atoms with Crippen molar-refractivity contribution in [3.63, 3.8) is 0 Å². The lowest BCUT2D eigenvalue weighted by Gasteiger charge is -2.34. The van der Waals surface area contributed by atoms with Gasteiger partial charge in [0.2, 0.25) is 0 Å². The third-order valence-electron chi connectivity index (χ3n) is 3.30. The minimum absolute atomic E-state index is 0.162. The second-order valence-corrected chi connectivity index (χ2v) is 5.36. The largest absolute Gasteiger partial charge is 0.399 e. The topological polar surface area (TPSA) is 47.3 Å². The number of hydrogen-bond donors (Lipinski definition) is 2. The molecule has 1 saturated heterocycles. The van der Waals surface area contributed by atoms with Gasteiger partial charge in [-0.05, 0) is 43.5 Å². The molecule has 0 spiro atoms. The highest BCUT2D eigenvalue weighted by Crippen LogP contribution is 2.22. The van der Waals surface area contributed by atoms with Crippen molar-refractivity contribution in [1.82, 2.24) is 5.32 Å². The number of nitrogens with one attached hydrogen (secondary N) is 1. The first-order chi connectivity index (χ1) is 8.07. The van der Waals surface area contributed by atoms with E-state index in [0.29, 0.717) is 10.7 Å². The third-order valence-corrected chi connectivity index (χ3v) is 3.51. The molecule has 0 aromatic heterocycles. The van der Waals surface area contributed by atoms with E-state index in [4.69, 9.17) is 22.1 Å². The Balaban J connectivity index is 1.96. The van der Waals surface area contributed by atoms with Crippen molar-refractivity contribution in [3.05, 3.63) is 28.8 Å². The van der Waals surface area contributed by atoms with E-state index in [1.807, 2.05) is 12.1 Å². The van der Waals surface area contributed by atoms with Gasteiger partial charge in [0.25, 0.3) is 0 Å². The van der Waals surface area contributed by atoms with Gasteiger partial charge >= 0.3 is 0 Å². The predicted octanol–water partition coefficient (Wildman–Crippen LogP) is 2.58. The number of hydrogen-bond acceptors (Lipinski definition) is 3. The molecule has 1 fully saturated rings. The molecular formula is C13H19ClN2O. The Morgan fingerprint density at radius 1 is 1.35 bits per heavy atom. The molecule has 17 heavy (non-hydrogen) atoms. The molecule has 1 heterocycles. The first-order valence-electron chi connectivity index (χ1n) is 5.95. The van der Waals surface area contributed by atoms with E-state index in [2.05, 4.69) is 12.2 Å². The monoisotopic (exact) mass is 254 g/mol. The van der Waals surface area contributed by atoms with Crippen molar-refractivity contribution < 1.29 is 4.74 Å². The summed E-state index contributed by atoms with van der Waals surface area (Å²) in [5.74, 6) is 0. The van der Waals surface area contributed by atoms with Crippen molar-refractivity contribution >= 4 is 17.3 Å². The number of anilines is 1. The summed E-state index contributed by atoms with van der Waals surface area (Å²) < 4.78 is 5.37. The average molecular weight is 255 g/mol. The average Bonchev–Trinajstić information content (AvgIpc) is 2.26. The van der Waals surface area contributed by atoms with Crippen molar-refractivity contribution in [2.75, 3.05) is 18.9 Å². The van der Waals surface area contributed by atoms with Crippen LogP contribution in [0.25, 0.3) is 0 Å². The van der Waals surface area contributed by atoms with Gasteiger partial charge in [0.1, 0.15) is 0 Å². The van der Waals surface area contributed by atoms with Gasteiger partial charge in [-0.1, -0.05) is 11.6 Å². The van der Waals surface area contributed by atoms with Crippen molar-refractivity contribution in [2.24, 2.45) is 0 Å². The normalized spacial score (nSPS) is 19.2. The van der Waals surface area contributed by atoms with Crippen LogP contribution in [0.2, 0.25) is 5.02 Å². The zero-order valence-corrected chi connectivity index (χ0v) is 10.9. The smallest absolute Gasteiger partial charge is 0.0483 e. The fraction of sp³-hybridized carbons (Fsp3) is 0.538. The lowest BCUT2D eigenvalue weighted by molar-refractivity contribution is 0.0446. The maximum absolute atomic E-state index is 5.98. The summed E-state index contributed by atoms with van der Waals surface area (Å²) in [5, 5.41) is 4.27. The van der Waals surface area contributed by atoms with Crippen LogP contribution in [0.1, 0.15) is 25.3 Å². The summed E-state index contributed by atoms with van der Waals surface area (Å²) in [6.45, 7) is 4.70. The van der Waals surface area contributed by atoms with Crippen molar-refractivity contribution in [2.45, 2.75) is 31.8 Å². The molecule has 3 N–H and O–H groups in total. The molecule has 1 aliphatic rings. The second kappa shape index (κ2) is 5.25. The summed E-state index contributed by atoms with van der Waals surface area (Å²) in [6, 6.07) is 5.68. The summed E-state index contributed by atoms with van der Waals surface area (Å²) in [5.41, 5.74) is 7.77. The molecule has 0 bridgehead atoms. The van der Waals surface area contributed by atoms with Gasteiger partial charge in [0.15, 0.2) is 0 Å². The van der Waals surface area contributed by atoms with Crippen LogP contribution >= 0.6 is 11.6 Å². The van der Waals surface area contributed by atoms with Crippen LogP contribution in [-0.4, -0.2) is 18.8 Å². The standard InChI is InChI=1S/C13H19ClN2O/c1-13(2-4-17-5-3-13)16-9-10-6-11(14)8-12(15)7-10/h6-8,16H,2-5,9,15H2,1H3. The van der Waals surface area contributed by atoms with E-state index >= 15 is 0 Å². The van der Waals surface area contributed by atoms with Crippen LogP contribution in [-0.2, 0) is 11.3 Å². The van der Waals surface area contributed by atoms with E-state index in [0.717, 1.165) is 38.2 Å². The highest BCUT2D eigenvalue weighted by atomic mass is 35.5. The number of nitrogens with two attached hydrogens (primary N) is 1. The Kier molecular flexibility index (Phi) is 3.92. The molecule has 0 unspecified atom stereocenters. The Morgan fingerprint density at radius 3 is 2.71 bits per heavy atom. The van der Waals surface area contributed by atoms with Gasteiger partial charge < -0.3 is 15.8 Å². The first-order valence-corrected chi connectivity index (χ1v) is 6.33. The maximum Gasteiger partial charge on any atom is 0.0483 e. The molecule has 0 saturated carbocycles. The molecule has 4 heteroatoms. The highest BCUT2D eigenvalue weighted by molar-refractivity contribution is 6.30. The van der Waals surface area contributed by atoms with Crippen molar-refractivity contribution in [1.29, 1.82) is 0 Å². The Labute approximate surface area is 107 Å². The molecule has 1 aromatic rings.